The van der Waals surface area contributed by atoms with Gasteiger partial charge in [0.2, 0.25) is 0 Å². The lowest BCUT2D eigenvalue weighted by molar-refractivity contribution is 0.0731. The van der Waals surface area contributed by atoms with Crippen molar-refractivity contribution < 1.29 is 14.6 Å². The van der Waals surface area contributed by atoms with Gasteiger partial charge in [-0.15, -0.1) is 0 Å². The zero-order valence-electron chi connectivity index (χ0n) is 11.9. The minimum atomic E-state index is -0.556. The molecular weight excluding hydrogens is 252 g/mol. The SMILES string of the molecule is CC(C)(C)c1ccc(O)c(C(=O)Oc2ccccc2)c1. The Kier molecular flexibility index (Phi) is 3.79. The van der Waals surface area contributed by atoms with Crippen LogP contribution in [0.3, 0.4) is 0 Å². The van der Waals surface area contributed by atoms with Gasteiger partial charge in [-0.2, -0.15) is 0 Å². The number of para-hydroxylation sites is 1. The fraction of sp³-hybridized carbons (Fsp3) is 0.235. The van der Waals surface area contributed by atoms with Gasteiger partial charge in [0.05, 0.1) is 0 Å². The van der Waals surface area contributed by atoms with Crippen LogP contribution in [0.2, 0.25) is 0 Å². The maximum absolute atomic E-state index is 12.1. The number of hydrogen-bond donors (Lipinski definition) is 1. The van der Waals surface area contributed by atoms with E-state index in [2.05, 4.69) is 0 Å². The molecule has 2 aromatic carbocycles. The van der Waals surface area contributed by atoms with Crippen molar-refractivity contribution in [1.29, 1.82) is 0 Å². The van der Waals surface area contributed by atoms with Gasteiger partial charge >= 0.3 is 5.97 Å². The lowest BCUT2D eigenvalue weighted by atomic mass is 9.86. The lowest BCUT2D eigenvalue weighted by Crippen LogP contribution is -2.14. The zero-order chi connectivity index (χ0) is 14.8. The Morgan fingerprint density at radius 3 is 2.30 bits per heavy atom. The average molecular weight is 270 g/mol. The molecule has 0 amide bonds. The second-order valence-electron chi connectivity index (χ2n) is 5.68. The number of ether oxygens (including phenoxy) is 1. The summed E-state index contributed by atoms with van der Waals surface area (Å²) in [5, 5.41) is 9.85. The van der Waals surface area contributed by atoms with Crippen molar-refractivity contribution in [3.63, 3.8) is 0 Å². The van der Waals surface area contributed by atoms with Gasteiger partial charge in [-0.25, -0.2) is 4.79 Å². The topological polar surface area (TPSA) is 46.5 Å². The zero-order valence-corrected chi connectivity index (χ0v) is 11.9. The predicted molar refractivity (Wildman–Crippen MR) is 78.2 cm³/mol. The first-order chi connectivity index (χ1) is 9.38. The molecular formula is C17H18O3. The Hall–Kier alpha value is -2.29. The summed E-state index contributed by atoms with van der Waals surface area (Å²) in [4.78, 5) is 12.1. The smallest absolute Gasteiger partial charge is 0.347 e. The number of rotatable bonds is 2. The molecule has 0 aliphatic rings. The van der Waals surface area contributed by atoms with Crippen molar-refractivity contribution in [3.05, 3.63) is 59.7 Å². The molecule has 2 aromatic rings. The van der Waals surface area contributed by atoms with E-state index in [1.807, 2.05) is 32.9 Å². The molecule has 104 valence electrons. The van der Waals surface area contributed by atoms with E-state index in [1.54, 1.807) is 30.3 Å². The molecule has 0 aromatic heterocycles. The van der Waals surface area contributed by atoms with Gasteiger partial charge in [0.15, 0.2) is 0 Å². The van der Waals surface area contributed by atoms with Crippen LogP contribution < -0.4 is 4.74 Å². The van der Waals surface area contributed by atoms with Gasteiger partial charge in [0, 0.05) is 0 Å². The normalized spacial score (nSPS) is 11.2. The van der Waals surface area contributed by atoms with Crippen LogP contribution in [0, 0.1) is 0 Å². The van der Waals surface area contributed by atoms with Crippen molar-refractivity contribution in [1.82, 2.24) is 0 Å². The number of phenols is 1. The fourth-order valence-corrected chi connectivity index (χ4v) is 1.82. The highest BCUT2D eigenvalue weighted by molar-refractivity contribution is 5.94. The standard InChI is InChI=1S/C17H18O3/c1-17(2,3)12-9-10-15(18)14(11-12)16(19)20-13-7-5-4-6-8-13/h4-11,18H,1-3H3. The van der Waals surface area contributed by atoms with Gasteiger partial charge in [0.25, 0.3) is 0 Å². The number of phenolic OH excluding ortho intramolecular Hbond substituents is 1. The van der Waals surface area contributed by atoms with Crippen LogP contribution in [0.1, 0.15) is 36.7 Å². The highest BCUT2D eigenvalue weighted by atomic mass is 16.5. The maximum atomic E-state index is 12.1. The van der Waals surface area contributed by atoms with E-state index in [0.29, 0.717) is 5.75 Å². The summed E-state index contributed by atoms with van der Waals surface area (Å²) in [6.45, 7) is 6.14. The van der Waals surface area contributed by atoms with Crippen molar-refractivity contribution in [2.75, 3.05) is 0 Å². The fourth-order valence-electron chi connectivity index (χ4n) is 1.82. The van der Waals surface area contributed by atoms with Crippen molar-refractivity contribution in [3.8, 4) is 11.5 Å². The number of benzene rings is 2. The van der Waals surface area contributed by atoms with E-state index < -0.39 is 5.97 Å². The molecule has 0 saturated heterocycles. The third-order valence-electron chi connectivity index (χ3n) is 3.04. The van der Waals surface area contributed by atoms with Crippen LogP contribution in [-0.4, -0.2) is 11.1 Å². The Bertz CT molecular complexity index is 610. The van der Waals surface area contributed by atoms with Crippen LogP contribution in [0.15, 0.2) is 48.5 Å². The molecule has 0 heterocycles. The van der Waals surface area contributed by atoms with Crippen LogP contribution >= 0.6 is 0 Å². The molecule has 0 saturated carbocycles. The summed E-state index contributed by atoms with van der Waals surface area (Å²) in [6.07, 6.45) is 0. The van der Waals surface area contributed by atoms with Crippen LogP contribution in [-0.2, 0) is 5.41 Å². The number of carbonyl (C=O) groups is 1. The van der Waals surface area contributed by atoms with E-state index in [9.17, 15) is 9.90 Å². The second-order valence-corrected chi connectivity index (χ2v) is 5.68. The molecule has 0 radical (unpaired) electrons. The van der Waals surface area contributed by atoms with Gasteiger partial charge in [-0.05, 0) is 35.2 Å². The largest absolute Gasteiger partial charge is 0.507 e. The Morgan fingerprint density at radius 2 is 1.70 bits per heavy atom. The summed E-state index contributed by atoms with van der Waals surface area (Å²) >= 11 is 0. The molecule has 0 fully saturated rings. The second kappa shape index (κ2) is 5.37. The first-order valence-corrected chi connectivity index (χ1v) is 6.48. The maximum Gasteiger partial charge on any atom is 0.347 e. The van der Waals surface area contributed by atoms with E-state index in [-0.39, 0.29) is 16.7 Å². The molecule has 1 N–H and O–H groups in total. The molecule has 0 spiro atoms. The van der Waals surface area contributed by atoms with E-state index in [1.165, 1.54) is 6.07 Å². The summed E-state index contributed by atoms with van der Waals surface area (Å²) in [5.74, 6) is -0.170. The lowest BCUT2D eigenvalue weighted by Gasteiger charge is -2.20. The average Bonchev–Trinajstić information content (AvgIpc) is 2.39. The molecule has 3 nitrogen and oxygen atoms in total. The van der Waals surface area contributed by atoms with Gasteiger partial charge in [0.1, 0.15) is 17.1 Å². The van der Waals surface area contributed by atoms with E-state index >= 15 is 0 Å². The Morgan fingerprint density at radius 1 is 1.05 bits per heavy atom. The molecule has 0 aliphatic carbocycles. The molecule has 0 bridgehead atoms. The molecule has 0 atom stereocenters. The highest BCUT2D eigenvalue weighted by Gasteiger charge is 2.19. The number of hydrogen-bond acceptors (Lipinski definition) is 3. The van der Waals surface area contributed by atoms with Crippen LogP contribution in [0.25, 0.3) is 0 Å². The summed E-state index contributed by atoms with van der Waals surface area (Å²) < 4.78 is 5.25. The van der Waals surface area contributed by atoms with E-state index in [4.69, 9.17) is 4.74 Å². The predicted octanol–water partition coefficient (Wildman–Crippen LogP) is 3.91. The van der Waals surface area contributed by atoms with Gasteiger partial charge < -0.3 is 9.84 Å². The first kappa shape index (κ1) is 14.1. The molecule has 0 aliphatic heterocycles. The van der Waals surface area contributed by atoms with Crippen molar-refractivity contribution >= 4 is 5.97 Å². The molecule has 20 heavy (non-hydrogen) atoms. The van der Waals surface area contributed by atoms with Crippen molar-refractivity contribution in [2.45, 2.75) is 26.2 Å². The molecule has 0 unspecified atom stereocenters. The van der Waals surface area contributed by atoms with Crippen LogP contribution in [0.4, 0.5) is 0 Å². The number of aromatic hydroxyl groups is 1. The number of carbonyl (C=O) groups excluding carboxylic acids is 1. The minimum absolute atomic E-state index is 0.0704. The van der Waals surface area contributed by atoms with E-state index in [0.717, 1.165) is 5.56 Å². The Labute approximate surface area is 118 Å². The first-order valence-electron chi connectivity index (χ1n) is 6.48. The van der Waals surface area contributed by atoms with Gasteiger partial charge in [-0.3, -0.25) is 0 Å². The molecule has 2 rings (SSSR count). The summed E-state index contributed by atoms with van der Waals surface area (Å²) in [6, 6.07) is 13.8. The number of esters is 1. The Balaban J connectivity index is 2.30. The third-order valence-corrected chi connectivity index (χ3v) is 3.04. The van der Waals surface area contributed by atoms with Crippen LogP contribution in [0.5, 0.6) is 11.5 Å². The van der Waals surface area contributed by atoms with Gasteiger partial charge in [-0.1, -0.05) is 45.0 Å². The summed E-state index contributed by atoms with van der Waals surface area (Å²) in [7, 11) is 0. The molecule has 3 heteroatoms. The van der Waals surface area contributed by atoms with Crippen molar-refractivity contribution in [2.24, 2.45) is 0 Å². The summed E-state index contributed by atoms with van der Waals surface area (Å²) in [5.41, 5.74) is 1.05. The minimum Gasteiger partial charge on any atom is -0.507 e. The third kappa shape index (κ3) is 3.18. The quantitative estimate of drug-likeness (QED) is 0.664. The highest BCUT2D eigenvalue weighted by Crippen LogP contribution is 2.28. The monoisotopic (exact) mass is 270 g/mol.